The lowest BCUT2D eigenvalue weighted by Gasteiger charge is -2.33. The average Bonchev–Trinajstić information content (AvgIpc) is 3.48. The highest BCUT2D eigenvalue weighted by Crippen LogP contribution is 2.56. The van der Waals surface area contributed by atoms with Crippen molar-refractivity contribution in [2.24, 2.45) is 0 Å². The van der Waals surface area contributed by atoms with Crippen LogP contribution in [0.3, 0.4) is 0 Å². The number of para-hydroxylation sites is 2. The molecule has 51 heavy (non-hydrogen) atoms. The van der Waals surface area contributed by atoms with Crippen molar-refractivity contribution < 1.29 is 0 Å². The summed E-state index contributed by atoms with van der Waals surface area (Å²) in [4.78, 5) is 4.87. The minimum absolute atomic E-state index is 0.126. The fourth-order valence-corrected chi connectivity index (χ4v) is 8.58. The van der Waals surface area contributed by atoms with Crippen molar-refractivity contribution in [3.63, 3.8) is 0 Å². The quantitative estimate of drug-likeness (QED) is 0.161. The molecule has 0 saturated heterocycles. The molecule has 0 amide bonds. The van der Waals surface area contributed by atoms with Gasteiger partial charge in [0.1, 0.15) is 0 Å². The Hall–Kier alpha value is -6.12. The van der Waals surface area contributed by atoms with Gasteiger partial charge in [-0.25, -0.2) is 0 Å². The molecule has 0 aliphatic heterocycles. The molecule has 2 nitrogen and oxygen atoms in total. The van der Waals surface area contributed by atoms with E-state index in [1.54, 1.807) is 0 Å². The summed E-state index contributed by atoms with van der Waals surface area (Å²) >= 11 is 0. The van der Waals surface area contributed by atoms with E-state index in [9.17, 15) is 0 Å². The Morgan fingerprint density at radius 1 is 0.373 bits per heavy atom. The molecule has 0 fully saturated rings. The van der Waals surface area contributed by atoms with Crippen molar-refractivity contribution in [3.05, 3.63) is 193 Å². The van der Waals surface area contributed by atoms with Crippen LogP contribution in [0.2, 0.25) is 0 Å². The number of hydrogen-bond donors (Lipinski definition) is 0. The molecule has 0 atom stereocenters. The highest BCUT2D eigenvalue weighted by Gasteiger charge is 2.41. The monoisotopic (exact) mass is 656 g/mol. The predicted molar refractivity (Wildman–Crippen MR) is 218 cm³/mol. The fourth-order valence-electron chi connectivity index (χ4n) is 8.58. The molecular formula is C49H40N2. The van der Waals surface area contributed by atoms with Crippen molar-refractivity contribution >= 4 is 55.7 Å². The van der Waals surface area contributed by atoms with Gasteiger partial charge in [-0.3, -0.25) is 0 Å². The first kappa shape index (κ1) is 30.9. The van der Waals surface area contributed by atoms with E-state index in [1.807, 2.05) is 0 Å². The second-order valence-corrected chi connectivity index (χ2v) is 13.6. The summed E-state index contributed by atoms with van der Waals surface area (Å²) in [7, 11) is 0. The molecule has 1 aliphatic carbocycles. The second kappa shape index (κ2) is 12.6. The van der Waals surface area contributed by atoms with E-state index >= 15 is 0 Å². The number of anilines is 6. The van der Waals surface area contributed by atoms with Crippen molar-refractivity contribution in [2.75, 3.05) is 9.80 Å². The highest BCUT2D eigenvalue weighted by atomic mass is 15.1. The third kappa shape index (κ3) is 5.02. The summed E-state index contributed by atoms with van der Waals surface area (Å²) in [5.74, 6) is 0. The summed E-state index contributed by atoms with van der Waals surface area (Å²) in [5, 5.41) is 4.96. The lowest BCUT2D eigenvalue weighted by atomic mass is 9.73. The SMILES string of the molecule is CCC1(CC)c2cc(N(c3ccccc3)c3cccc4ccccc34)ccc2-c2ccc(N(c3ccccc3)c3cccc4ccccc34)cc21. The number of fused-ring (bicyclic) bond motifs is 5. The molecule has 8 aromatic rings. The maximum atomic E-state index is 2.48. The Morgan fingerprint density at radius 3 is 1.20 bits per heavy atom. The van der Waals surface area contributed by atoms with E-state index in [0.29, 0.717) is 0 Å². The number of nitrogens with zero attached hydrogens (tertiary/aromatic N) is 2. The first-order valence-corrected chi connectivity index (χ1v) is 18.2. The van der Waals surface area contributed by atoms with Gasteiger partial charge in [-0.1, -0.05) is 135 Å². The van der Waals surface area contributed by atoms with Gasteiger partial charge in [-0.2, -0.15) is 0 Å². The fraction of sp³-hybridized carbons (Fsp3) is 0.102. The predicted octanol–water partition coefficient (Wildman–Crippen LogP) is 14.0. The van der Waals surface area contributed by atoms with Gasteiger partial charge in [-0.05, 0) is 107 Å². The van der Waals surface area contributed by atoms with Crippen molar-refractivity contribution in [1.29, 1.82) is 0 Å². The van der Waals surface area contributed by atoms with Crippen LogP contribution in [0.1, 0.15) is 37.8 Å². The van der Waals surface area contributed by atoms with Crippen LogP contribution >= 0.6 is 0 Å². The van der Waals surface area contributed by atoms with Crippen LogP contribution in [0.25, 0.3) is 32.7 Å². The molecule has 246 valence electrons. The molecule has 0 bridgehead atoms. The van der Waals surface area contributed by atoms with E-state index in [1.165, 1.54) is 66.5 Å². The van der Waals surface area contributed by atoms with Crippen LogP contribution in [0, 0.1) is 0 Å². The number of hydrogen-bond acceptors (Lipinski definition) is 2. The molecule has 8 aromatic carbocycles. The summed E-state index contributed by atoms with van der Waals surface area (Å²) in [6.07, 6.45) is 2.02. The van der Waals surface area contributed by atoms with Gasteiger partial charge in [0, 0.05) is 38.9 Å². The van der Waals surface area contributed by atoms with Gasteiger partial charge >= 0.3 is 0 Å². The number of rotatable bonds is 8. The van der Waals surface area contributed by atoms with E-state index in [2.05, 4.69) is 206 Å². The summed E-state index contributed by atoms with van der Waals surface area (Å²) in [6, 6.07) is 66.6. The molecule has 0 unspecified atom stereocenters. The van der Waals surface area contributed by atoms with Crippen LogP contribution < -0.4 is 9.80 Å². The lowest BCUT2D eigenvalue weighted by Crippen LogP contribution is -2.24. The molecule has 1 aliphatic rings. The topological polar surface area (TPSA) is 6.48 Å². The van der Waals surface area contributed by atoms with Gasteiger partial charge in [0.2, 0.25) is 0 Å². The Kier molecular flexibility index (Phi) is 7.66. The van der Waals surface area contributed by atoms with Crippen LogP contribution in [-0.2, 0) is 5.41 Å². The first-order chi connectivity index (χ1) is 25.2. The van der Waals surface area contributed by atoms with Crippen LogP contribution in [0.5, 0.6) is 0 Å². The van der Waals surface area contributed by atoms with Gasteiger partial charge in [0.15, 0.2) is 0 Å². The summed E-state index contributed by atoms with van der Waals surface area (Å²) < 4.78 is 0. The Bertz CT molecular complexity index is 2330. The van der Waals surface area contributed by atoms with E-state index in [0.717, 1.165) is 24.2 Å². The van der Waals surface area contributed by atoms with E-state index in [-0.39, 0.29) is 5.41 Å². The van der Waals surface area contributed by atoms with Gasteiger partial charge < -0.3 is 9.80 Å². The van der Waals surface area contributed by atoms with Crippen molar-refractivity contribution in [1.82, 2.24) is 0 Å². The maximum Gasteiger partial charge on any atom is 0.0540 e. The largest absolute Gasteiger partial charge is 0.310 e. The normalized spacial score (nSPS) is 12.8. The minimum atomic E-state index is -0.126. The molecule has 0 saturated carbocycles. The van der Waals surface area contributed by atoms with Crippen LogP contribution in [0.15, 0.2) is 182 Å². The van der Waals surface area contributed by atoms with Gasteiger partial charge in [-0.15, -0.1) is 0 Å². The zero-order valence-electron chi connectivity index (χ0n) is 29.1. The molecule has 0 aromatic heterocycles. The Labute approximate surface area is 300 Å². The third-order valence-electron chi connectivity index (χ3n) is 11.1. The van der Waals surface area contributed by atoms with Gasteiger partial charge in [0.05, 0.1) is 11.4 Å². The van der Waals surface area contributed by atoms with Crippen LogP contribution in [-0.4, -0.2) is 0 Å². The van der Waals surface area contributed by atoms with Crippen molar-refractivity contribution in [3.8, 4) is 11.1 Å². The molecule has 0 N–H and O–H groups in total. The standard InChI is InChI=1S/C49H40N2/c1-3-49(4-2)45-33-39(50(37-21-7-5-8-22-37)47-27-15-19-35-17-11-13-25-41(35)47)29-31-43(45)44-32-30-40(34-46(44)49)51(38-23-9-6-10-24-38)48-28-16-20-36-18-12-14-26-42(36)48/h5-34H,3-4H2,1-2H3. The summed E-state index contributed by atoms with van der Waals surface area (Å²) in [5.41, 5.74) is 12.4. The minimum Gasteiger partial charge on any atom is -0.310 e. The second-order valence-electron chi connectivity index (χ2n) is 13.6. The molecule has 0 heterocycles. The zero-order chi connectivity index (χ0) is 34.4. The third-order valence-corrected chi connectivity index (χ3v) is 11.1. The maximum absolute atomic E-state index is 2.48. The van der Waals surface area contributed by atoms with Crippen molar-refractivity contribution in [2.45, 2.75) is 32.1 Å². The lowest BCUT2D eigenvalue weighted by molar-refractivity contribution is 0.490. The van der Waals surface area contributed by atoms with E-state index < -0.39 is 0 Å². The van der Waals surface area contributed by atoms with Crippen LogP contribution in [0.4, 0.5) is 34.1 Å². The first-order valence-electron chi connectivity index (χ1n) is 18.2. The molecule has 9 rings (SSSR count). The van der Waals surface area contributed by atoms with E-state index in [4.69, 9.17) is 0 Å². The summed E-state index contributed by atoms with van der Waals surface area (Å²) in [6.45, 7) is 4.72. The Morgan fingerprint density at radius 2 is 0.765 bits per heavy atom. The smallest absolute Gasteiger partial charge is 0.0540 e. The highest BCUT2D eigenvalue weighted by molar-refractivity contribution is 6.01. The molecule has 2 heteroatoms. The average molecular weight is 657 g/mol. The van der Waals surface area contributed by atoms with Gasteiger partial charge in [0.25, 0.3) is 0 Å². The zero-order valence-corrected chi connectivity index (χ0v) is 29.1. The molecule has 0 spiro atoms. The molecule has 0 radical (unpaired) electrons. The number of benzene rings is 8. The Balaban J connectivity index is 1.22. The molecular weight excluding hydrogens is 617 g/mol.